The Kier molecular flexibility index (Phi) is 7.90. The smallest absolute Gasteiger partial charge is 0.257 e. The number of carbonyl (C=O) groups is 2. The quantitative estimate of drug-likeness (QED) is 0.620. The van der Waals surface area contributed by atoms with Gasteiger partial charge >= 0.3 is 0 Å². The molecule has 0 spiro atoms. The largest absolute Gasteiger partial charge is 0.478 e. The summed E-state index contributed by atoms with van der Waals surface area (Å²) in [5.74, 6) is -0.0806. The highest BCUT2D eigenvalue weighted by Crippen LogP contribution is 2.12. The Bertz CT molecular complexity index is 1020. The minimum atomic E-state index is -0.439. The number of hydrogen-bond donors (Lipinski definition) is 2. The Morgan fingerprint density at radius 1 is 1.21 bits per heavy atom. The van der Waals surface area contributed by atoms with Crippen LogP contribution in [0.2, 0.25) is 0 Å². The minimum Gasteiger partial charge on any atom is -0.478 e. The average Bonchev–Trinajstić information content (AvgIpc) is 2.74. The van der Waals surface area contributed by atoms with Crippen molar-refractivity contribution in [3.05, 3.63) is 70.0 Å². The van der Waals surface area contributed by atoms with Gasteiger partial charge in [-0.3, -0.25) is 14.4 Å². The van der Waals surface area contributed by atoms with Crippen LogP contribution in [0.3, 0.4) is 0 Å². The maximum atomic E-state index is 12.5. The molecule has 8 nitrogen and oxygen atoms in total. The van der Waals surface area contributed by atoms with Crippen LogP contribution in [-0.2, 0) is 11.3 Å². The fourth-order valence-electron chi connectivity index (χ4n) is 2.34. The second-order valence-corrected chi connectivity index (χ2v) is 6.25. The third kappa shape index (κ3) is 6.17. The molecule has 3 aromatic rings. The monoisotopic (exact) mass is 396 g/mol. The molecule has 0 radical (unpaired) electrons. The van der Waals surface area contributed by atoms with Gasteiger partial charge in [-0.15, -0.1) is 0 Å². The zero-order valence-electron chi connectivity index (χ0n) is 16.6. The van der Waals surface area contributed by atoms with Crippen LogP contribution in [0.15, 0.2) is 53.5 Å². The summed E-state index contributed by atoms with van der Waals surface area (Å²) >= 11 is 0. The Morgan fingerprint density at radius 3 is 2.52 bits per heavy atom. The number of aromatic amines is 1. The number of H-pyrrole nitrogens is 1. The van der Waals surface area contributed by atoms with Crippen LogP contribution < -0.4 is 15.5 Å². The number of fused-ring (bicyclic) bond motifs is 1. The first kappa shape index (κ1) is 21.6. The van der Waals surface area contributed by atoms with Gasteiger partial charge in [-0.2, -0.15) is 0 Å². The number of nitrogens with zero attached hydrogens (tertiary/aromatic N) is 2. The highest BCUT2D eigenvalue weighted by Gasteiger charge is 2.14. The lowest BCUT2D eigenvalue weighted by Crippen LogP contribution is -2.28. The number of ether oxygens (including phenoxy) is 1. The average molecular weight is 396 g/mol. The van der Waals surface area contributed by atoms with E-state index in [4.69, 9.17) is 4.74 Å². The molecule has 0 aliphatic heterocycles. The first-order valence-electron chi connectivity index (χ1n) is 9.05. The predicted octanol–water partition coefficient (Wildman–Crippen LogP) is 1.96. The molecule has 152 valence electrons. The molecule has 0 unspecified atom stereocenters. The molecular weight excluding hydrogens is 372 g/mol. The number of benzene rings is 1. The molecule has 0 aliphatic carbocycles. The number of aromatic nitrogens is 2. The SMILES string of the molecule is CCOc1ccc2[nH]cc(C(=O)NCc3ccccc3)c(=O)c2n1.CN(C)C=O. The molecule has 3 rings (SSSR count). The van der Waals surface area contributed by atoms with E-state index in [-0.39, 0.29) is 11.1 Å². The minimum absolute atomic E-state index is 0.0274. The van der Waals surface area contributed by atoms with E-state index in [1.165, 1.54) is 11.1 Å². The fourth-order valence-corrected chi connectivity index (χ4v) is 2.34. The maximum absolute atomic E-state index is 12.5. The zero-order valence-corrected chi connectivity index (χ0v) is 16.6. The van der Waals surface area contributed by atoms with Gasteiger partial charge < -0.3 is 19.9 Å². The molecule has 0 atom stereocenters. The van der Waals surface area contributed by atoms with Crippen molar-refractivity contribution < 1.29 is 14.3 Å². The lowest BCUT2D eigenvalue weighted by Gasteiger charge is -2.07. The number of pyridine rings is 2. The van der Waals surface area contributed by atoms with Crippen molar-refractivity contribution in [2.45, 2.75) is 13.5 Å². The molecule has 29 heavy (non-hydrogen) atoms. The molecule has 2 aromatic heterocycles. The summed E-state index contributed by atoms with van der Waals surface area (Å²) in [7, 11) is 3.38. The molecule has 2 heterocycles. The third-order valence-electron chi connectivity index (χ3n) is 3.74. The zero-order chi connectivity index (χ0) is 21.2. The molecule has 0 saturated carbocycles. The first-order chi connectivity index (χ1) is 14.0. The van der Waals surface area contributed by atoms with Crippen LogP contribution in [0.5, 0.6) is 5.88 Å². The van der Waals surface area contributed by atoms with E-state index in [0.29, 0.717) is 24.5 Å². The van der Waals surface area contributed by atoms with Crippen LogP contribution >= 0.6 is 0 Å². The Labute approximate surface area is 168 Å². The Balaban J connectivity index is 0.000000537. The molecule has 1 aromatic carbocycles. The van der Waals surface area contributed by atoms with Gasteiger partial charge in [-0.25, -0.2) is 4.98 Å². The van der Waals surface area contributed by atoms with Gasteiger partial charge in [0.15, 0.2) is 0 Å². The summed E-state index contributed by atoms with van der Waals surface area (Å²) in [6.07, 6.45) is 2.16. The van der Waals surface area contributed by atoms with Gasteiger partial charge in [0.05, 0.1) is 12.1 Å². The van der Waals surface area contributed by atoms with E-state index in [1.54, 1.807) is 26.2 Å². The second kappa shape index (κ2) is 10.6. The second-order valence-electron chi connectivity index (χ2n) is 6.25. The highest BCUT2D eigenvalue weighted by molar-refractivity contribution is 5.96. The van der Waals surface area contributed by atoms with E-state index in [9.17, 15) is 14.4 Å². The summed E-state index contributed by atoms with van der Waals surface area (Å²) in [5, 5.41) is 2.74. The van der Waals surface area contributed by atoms with Crippen molar-refractivity contribution in [1.29, 1.82) is 0 Å². The lowest BCUT2D eigenvalue weighted by atomic mass is 10.2. The fraction of sp³-hybridized carbons (Fsp3) is 0.238. The van der Waals surface area contributed by atoms with Crippen LogP contribution in [0.1, 0.15) is 22.8 Å². The molecule has 2 amide bonds. The number of hydrogen-bond acceptors (Lipinski definition) is 5. The number of nitrogens with one attached hydrogen (secondary N) is 2. The van der Waals surface area contributed by atoms with Crippen LogP contribution in [0.25, 0.3) is 11.0 Å². The number of rotatable bonds is 6. The van der Waals surface area contributed by atoms with Gasteiger partial charge in [-0.1, -0.05) is 30.3 Å². The summed E-state index contributed by atoms with van der Waals surface area (Å²) in [5.41, 5.74) is 1.31. The molecular formula is C21H24N4O4. The highest BCUT2D eigenvalue weighted by atomic mass is 16.5. The van der Waals surface area contributed by atoms with Crippen LogP contribution in [0, 0.1) is 0 Å². The molecule has 0 aliphatic rings. The molecule has 0 fully saturated rings. The normalized spacial score (nSPS) is 9.90. The lowest BCUT2D eigenvalue weighted by molar-refractivity contribution is -0.115. The summed E-state index contributed by atoms with van der Waals surface area (Å²) in [6, 6.07) is 12.9. The Morgan fingerprint density at radius 2 is 1.90 bits per heavy atom. The first-order valence-corrected chi connectivity index (χ1v) is 9.05. The van der Waals surface area contributed by atoms with Crippen molar-refractivity contribution in [3.63, 3.8) is 0 Å². The third-order valence-corrected chi connectivity index (χ3v) is 3.74. The number of amides is 2. The van der Waals surface area contributed by atoms with Crippen LogP contribution in [0.4, 0.5) is 0 Å². The number of carbonyl (C=O) groups excluding carboxylic acids is 2. The summed E-state index contributed by atoms with van der Waals surface area (Å²) in [6.45, 7) is 2.64. The van der Waals surface area contributed by atoms with Crippen molar-refractivity contribution >= 4 is 23.4 Å². The van der Waals surface area contributed by atoms with Crippen LogP contribution in [-0.4, -0.2) is 47.9 Å². The van der Waals surface area contributed by atoms with E-state index in [1.807, 2.05) is 37.3 Å². The van der Waals surface area contributed by atoms with Crippen molar-refractivity contribution in [3.8, 4) is 5.88 Å². The van der Waals surface area contributed by atoms with Crippen molar-refractivity contribution in [1.82, 2.24) is 20.2 Å². The van der Waals surface area contributed by atoms with E-state index < -0.39 is 11.3 Å². The molecule has 8 heteroatoms. The van der Waals surface area contributed by atoms with Crippen molar-refractivity contribution in [2.24, 2.45) is 0 Å². The van der Waals surface area contributed by atoms with Gasteiger partial charge in [0, 0.05) is 32.9 Å². The Hall–Kier alpha value is -3.68. The van der Waals surface area contributed by atoms with E-state index >= 15 is 0 Å². The van der Waals surface area contributed by atoms with Crippen molar-refractivity contribution in [2.75, 3.05) is 20.7 Å². The standard InChI is InChI=1S/C18H17N3O3.C3H7NO/c1-2-24-15-9-8-14-16(21-15)17(22)13(11-19-14)18(23)20-10-12-6-4-3-5-7-12;1-4(2)3-5/h3-9,11H,2,10H2,1H3,(H,19,22)(H,20,23);3H,1-2H3. The molecule has 0 saturated heterocycles. The summed E-state index contributed by atoms with van der Waals surface area (Å²) in [4.78, 5) is 42.8. The van der Waals surface area contributed by atoms with Gasteiger partial charge in [0.1, 0.15) is 11.1 Å². The molecule has 0 bridgehead atoms. The summed E-state index contributed by atoms with van der Waals surface area (Å²) < 4.78 is 5.31. The van der Waals surface area contributed by atoms with Gasteiger partial charge in [-0.05, 0) is 18.6 Å². The van der Waals surface area contributed by atoms with Gasteiger partial charge in [0.25, 0.3) is 5.91 Å². The molecule has 2 N–H and O–H groups in total. The topological polar surface area (TPSA) is 104 Å². The van der Waals surface area contributed by atoms with E-state index in [2.05, 4.69) is 15.3 Å². The maximum Gasteiger partial charge on any atom is 0.257 e. The van der Waals surface area contributed by atoms with E-state index in [0.717, 1.165) is 12.0 Å². The van der Waals surface area contributed by atoms with Gasteiger partial charge in [0.2, 0.25) is 17.7 Å². The predicted molar refractivity (Wildman–Crippen MR) is 111 cm³/mol.